The fourth-order valence-electron chi connectivity index (χ4n) is 1.21. The zero-order valence-corrected chi connectivity index (χ0v) is 14.7. The lowest BCUT2D eigenvalue weighted by Gasteiger charge is -2.25. The van der Waals surface area contributed by atoms with Gasteiger partial charge in [-0.25, -0.2) is 0 Å². The normalized spacial score (nSPS) is 13.0. The van der Waals surface area contributed by atoms with Crippen molar-refractivity contribution < 1.29 is 31.4 Å². The number of halogens is 2. The molecule has 0 unspecified atom stereocenters. The Kier molecular flexibility index (Phi) is 10.6. The predicted octanol–water partition coefficient (Wildman–Crippen LogP) is 1.60. The van der Waals surface area contributed by atoms with Crippen molar-refractivity contribution in [2.24, 2.45) is 0 Å². The number of rotatable bonds is 8. The molecule has 0 atom stereocenters. The number of ether oxygens (including phenoxy) is 1. The van der Waals surface area contributed by atoms with Gasteiger partial charge in [0.25, 0.3) is 0 Å². The molecule has 0 saturated carbocycles. The molecule has 0 amide bonds. The Morgan fingerprint density at radius 3 is 1.62 bits per heavy atom. The van der Waals surface area contributed by atoms with Crippen LogP contribution in [0.15, 0.2) is 0 Å². The van der Waals surface area contributed by atoms with Crippen LogP contribution in [-0.4, -0.2) is 50.1 Å². The molecular weight excluding hydrogens is 304 g/mol. The lowest BCUT2D eigenvalue weighted by molar-refractivity contribution is -0.894. The first-order valence-corrected chi connectivity index (χ1v) is 8.63. The number of quaternary nitrogens is 1. The zero-order valence-electron chi connectivity index (χ0n) is 13.9. The van der Waals surface area contributed by atoms with Crippen LogP contribution in [0.4, 0.5) is 8.78 Å². The van der Waals surface area contributed by atoms with E-state index >= 15 is 0 Å². The zero-order chi connectivity index (χ0) is 17.3. The number of hydrogen-bond donors (Lipinski definition) is 2. The molecule has 0 rings (SSSR count). The van der Waals surface area contributed by atoms with Crippen LogP contribution in [0.5, 0.6) is 0 Å². The molecule has 0 aliphatic rings. The van der Waals surface area contributed by atoms with E-state index in [9.17, 15) is 17.2 Å². The van der Waals surface area contributed by atoms with Crippen LogP contribution in [0.1, 0.15) is 48.0 Å². The fraction of sp³-hybridized carbons (Fsp3) is 1.00. The van der Waals surface area contributed by atoms with Crippen LogP contribution in [-0.2, 0) is 14.9 Å². The molecule has 0 spiro atoms. The number of hydrogen-bond acceptors (Lipinski definition) is 3. The van der Waals surface area contributed by atoms with E-state index in [4.69, 9.17) is 4.55 Å². The van der Waals surface area contributed by atoms with E-state index in [0.29, 0.717) is 6.42 Å². The summed E-state index contributed by atoms with van der Waals surface area (Å²) in [7, 11) is -5.39. The second kappa shape index (κ2) is 9.66. The molecule has 0 aliphatic heterocycles. The first-order chi connectivity index (χ1) is 9.36. The summed E-state index contributed by atoms with van der Waals surface area (Å²) in [5, 5.41) is -4.25. The van der Waals surface area contributed by atoms with Crippen molar-refractivity contribution in [1.29, 1.82) is 0 Å². The molecule has 0 fully saturated rings. The lowest BCUT2D eigenvalue weighted by Crippen LogP contribution is -3.11. The Bertz CT molecular complexity index is 363. The average molecular weight is 334 g/mol. The Morgan fingerprint density at radius 2 is 1.43 bits per heavy atom. The molecule has 130 valence electrons. The molecule has 0 aromatic carbocycles. The minimum Gasteiger partial charge on any atom is -0.368 e. The second-order valence-corrected chi connectivity index (χ2v) is 6.87. The highest BCUT2D eigenvalue weighted by Gasteiger charge is 2.45. The maximum Gasteiger partial charge on any atom is 0.392 e. The van der Waals surface area contributed by atoms with Gasteiger partial charge in [0.2, 0.25) is 0 Å². The SMILES string of the molecule is CCC(C)(C)OCC(F)(F)S(=O)(=O)O.CC[NH+](CC)CC. The van der Waals surface area contributed by atoms with Gasteiger partial charge < -0.3 is 9.64 Å². The largest absolute Gasteiger partial charge is 0.392 e. The molecule has 8 heteroatoms. The molecule has 0 radical (unpaired) electrons. The lowest BCUT2D eigenvalue weighted by atomic mass is 10.1. The Hall–Kier alpha value is -0.310. The maximum atomic E-state index is 12.6. The predicted molar refractivity (Wildman–Crippen MR) is 79.4 cm³/mol. The first kappa shape index (κ1) is 23.0. The average Bonchev–Trinajstić information content (AvgIpc) is 2.38. The van der Waals surface area contributed by atoms with Crippen molar-refractivity contribution in [2.75, 3.05) is 26.2 Å². The highest BCUT2D eigenvalue weighted by molar-refractivity contribution is 7.86. The van der Waals surface area contributed by atoms with Gasteiger partial charge in [-0.2, -0.15) is 17.2 Å². The molecule has 0 saturated heterocycles. The molecule has 5 nitrogen and oxygen atoms in total. The fourth-order valence-corrected chi connectivity index (χ4v) is 1.41. The minimum atomic E-state index is -5.39. The van der Waals surface area contributed by atoms with Crippen molar-refractivity contribution in [2.45, 2.75) is 58.8 Å². The summed E-state index contributed by atoms with van der Waals surface area (Å²) in [6.45, 7) is 14.0. The molecule has 0 aliphatic carbocycles. The van der Waals surface area contributed by atoms with Crippen LogP contribution in [0, 0.1) is 0 Å². The highest BCUT2D eigenvalue weighted by atomic mass is 32.2. The third-order valence-electron chi connectivity index (χ3n) is 3.36. The van der Waals surface area contributed by atoms with Crippen LogP contribution >= 0.6 is 0 Å². The van der Waals surface area contributed by atoms with Crippen molar-refractivity contribution in [3.63, 3.8) is 0 Å². The number of alkyl halides is 2. The van der Waals surface area contributed by atoms with Gasteiger partial charge in [-0.05, 0) is 41.0 Å². The summed E-state index contributed by atoms with van der Waals surface area (Å²) in [5.41, 5.74) is -0.839. The summed E-state index contributed by atoms with van der Waals surface area (Å²) in [4.78, 5) is 1.68. The van der Waals surface area contributed by atoms with Crippen LogP contribution in [0.2, 0.25) is 0 Å². The summed E-state index contributed by atoms with van der Waals surface area (Å²) in [5.74, 6) is 0. The topological polar surface area (TPSA) is 68.0 Å². The molecule has 21 heavy (non-hydrogen) atoms. The summed E-state index contributed by atoms with van der Waals surface area (Å²) in [6.07, 6.45) is 0.453. The van der Waals surface area contributed by atoms with Gasteiger partial charge in [0.05, 0.1) is 25.2 Å². The van der Waals surface area contributed by atoms with Crippen LogP contribution in [0.3, 0.4) is 0 Å². The first-order valence-electron chi connectivity index (χ1n) is 7.19. The second-order valence-electron chi connectivity index (χ2n) is 5.32. The van der Waals surface area contributed by atoms with Crippen LogP contribution in [0.25, 0.3) is 0 Å². The van der Waals surface area contributed by atoms with E-state index < -0.39 is 27.6 Å². The number of nitrogens with one attached hydrogen (secondary N) is 1. The summed E-state index contributed by atoms with van der Waals surface area (Å²) >= 11 is 0. The molecule has 0 heterocycles. The van der Waals surface area contributed by atoms with Crippen molar-refractivity contribution in [1.82, 2.24) is 0 Å². The van der Waals surface area contributed by atoms with E-state index in [2.05, 4.69) is 25.5 Å². The smallest absolute Gasteiger partial charge is 0.368 e. The molecule has 0 bridgehead atoms. The molecular formula is C13H30F2NO4S+. The van der Waals surface area contributed by atoms with Crippen molar-refractivity contribution in [3.8, 4) is 0 Å². The van der Waals surface area contributed by atoms with Crippen LogP contribution < -0.4 is 4.90 Å². The van der Waals surface area contributed by atoms with Gasteiger partial charge in [0.1, 0.15) is 6.61 Å². The molecule has 0 aromatic rings. The van der Waals surface area contributed by atoms with Gasteiger partial charge in [0, 0.05) is 0 Å². The minimum absolute atomic E-state index is 0.453. The Labute approximate surface area is 127 Å². The van der Waals surface area contributed by atoms with E-state index in [0.717, 1.165) is 0 Å². The Balaban J connectivity index is 0. The summed E-state index contributed by atoms with van der Waals surface area (Å²) in [6, 6.07) is 0. The molecule has 2 N–H and O–H groups in total. The molecule has 0 aromatic heterocycles. The maximum absolute atomic E-state index is 12.6. The monoisotopic (exact) mass is 334 g/mol. The van der Waals surface area contributed by atoms with Crippen molar-refractivity contribution in [3.05, 3.63) is 0 Å². The third kappa shape index (κ3) is 10.1. The Morgan fingerprint density at radius 1 is 1.05 bits per heavy atom. The van der Waals surface area contributed by atoms with Gasteiger partial charge in [-0.15, -0.1) is 0 Å². The van der Waals surface area contributed by atoms with E-state index in [-0.39, 0.29) is 0 Å². The highest BCUT2D eigenvalue weighted by Crippen LogP contribution is 2.24. The van der Waals surface area contributed by atoms with Gasteiger partial charge in [-0.1, -0.05) is 6.92 Å². The van der Waals surface area contributed by atoms with E-state index in [1.54, 1.807) is 25.7 Å². The van der Waals surface area contributed by atoms with Crippen molar-refractivity contribution >= 4 is 10.1 Å². The third-order valence-corrected chi connectivity index (χ3v) is 4.23. The van der Waals surface area contributed by atoms with E-state index in [1.807, 2.05) is 0 Å². The van der Waals surface area contributed by atoms with Gasteiger partial charge in [0.15, 0.2) is 0 Å². The van der Waals surface area contributed by atoms with Gasteiger partial charge >= 0.3 is 15.4 Å². The standard InChI is InChI=1S/C7H14F2O4S.C6H15N/c1-4-6(2,3)13-5-7(8,9)14(10,11)12;1-4-7(5-2)6-3/h4-5H2,1-3H3,(H,10,11,12);4-6H2,1-3H3/p+1. The summed E-state index contributed by atoms with van der Waals surface area (Å²) < 4.78 is 58.5. The van der Waals surface area contributed by atoms with Gasteiger partial charge in [-0.3, -0.25) is 4.55 Å². The van der Waals surface area contributed by atoms with E-state index in [1.165, 1.54) is 19.6 Å². The quantitative estimate of drug-likeness (QED) is 0.662.